The van der Waals surface area contributed by atoms with Gasteiger partial charge in [-0.1, -0.05) is 30.3 Å². The molecule has 3 rings (SSSR count). The lowest BCUT2D eigenvalue weighted by molar-refractivity contribution is -0.137. The number of amides is 1. The van der Waals surface area contributed by atoms with Crippen LogP contribution in [0.15, 0.2) is 65.5 Å². The van der Waals surface area contributed by atoms with E-state index in [0.29, 0.717) is 5.69 Å². The van der Waals surface area contributed by atoms with Crippen molar-refractivity contribution in [3.63, 3.8) is 0 Å². The minimum absolute atomic E-state index is 0.166. The number of anilines is 1. The fraction of sp³-hybridized carbons (Fsp3) is 0.150. The first-order valence-electron chi connectivity index (χ1n) is 8.56. The van der Waals surface area contributed by atoms with Crippen molar-refractivity contribution in [1.82, 2.24) is 15.2 Å². The van der Waals surface area contributed by atoms with Gasteiger partial charge in [-0.05, 0) is 31.2 Å². The number of hydrazine groups is 1. The minimum atomic E-state index is -4.62. The molecule has 0 radical (unpaired) electrons. The van der Waals surface area contributed by atoms with Crippen molar-refractivity contribution in [3.05, 3.63) is 87.8 Å². The van der Waals surface area contributed by atoms with E-state index in [1.54, 1.807) is 37.4 Å². The lowest BCUT2D eigenvalue weighted by Crippen LogP contribution is -2.42. The highest BCUT2D eigenvalue weighted by Crippen LogP contribution is 2.33. The second kappa shape index (κ2) is 7.78. The van der Waals surface area contributed by atoms with Crippen LogP contribution in [0.2, 0.25) is 0 Å². The molecule has 0 spiro atoms. The van der Waals surface area contributed by atoms with Crippen LogP contribution < -0.4 is 15.9 Å². The normalized spacial score (nSPS) is 11.2. The number of aromatic nitrogens is 2. The van der Waals surface area contributed by atoms with Gasteiger partial charge in [0.25, 0.3) is 5.91 Å². The molecule has 0 atom stereocenters. The summed E-state index contributed by atoms with van der Waals surface area (Å²) in [5.41, 5.74) is 0.898. The predicted molar refractivity (Wildman–Crippen MR) is 102 cm³/mol. The fourth-order valence-corrected chi connectivity index (χ4v) is 2.77. The first-order valence-corrected chi connectivity index (χ1v) is 8.56. The summed E-state index contributed by atoms with van der Waals surface area (Å²) >= 11 is 0. The molecule has 0 aliphatic heterocycles. The summed E-state index contributed by atoms with van der Waals surface area (Å²) in [5, 5.41) is 5.31. The van der Waals surface area contributed by atoms with Crippen molar-refractivity contribution in [2.24, 2.45) is 0 Å². The lowest BCUT2D eigenvalue weighted by atomic mass is 10.1. The van der Waals surface area contributed by atoms with Crippen molar-refractivity contribution in [1.29, 1.82) is 0 Å². The predicted octanol–water partition coefficient (Wildman–Crippen LogP) is 3.34. The van der Waals surface area contributed by atoms with Crippen LogP contribution in [0, 0.1) is 6.92 Å². The average Bonchev–Trinajstić information content (AvgIpc) is 2.68. The van der Waals surface area contributed by atoms with Crippen LogP contribution in [0.5, 0.6) is 0 Å². The number of hydrogen-bond donors (Lipinski definition) is 1. The van der Waals surface area contributed by atoms with Gasteiger partial charge >= 0.3 is 6.18 Å². The Morgan fingerprint density at radius 3 is 2.34 bits per heavy atom. The molecule has 0 aliphatic carbocycles. The molecule has 3 aromatic rings. The molecule has 1 N–H and O–H groups in total. The quantitative estimate of drug-likeness (QED) is 0.680. The van der Waals surface area contributed by atoms with Gasteiger partial charge in [0, 0.05) is 18.8 Å². The molecule has 9 heteroatoms. The zero-order valence-corrected chi connectivity index (χ0v) is 15.6. The van der Waals surface area contributed by atoms with Crippen LogP contribution in [0.4, 0.5) is 18.9 Å². The van der Waals surface area contributed by atoms with Crippen LogP contribution in [-0.4, -0.2) is 22.7 Å². The Hall–Kier alpha value is -3.62. The van der Waals surface area contributed by atoms with E-state index in [0.717, 1.165) is 16.8 Å². The van der Waals surface area contributed by atoms with Crippen molar-refractivity contribution >= 4 is 11.6 Å². The van der Waals surface area contributed by atoms with Crippen molar-refractivity contribution < 1.29 is 18.0 Å². The number of hydrogen-bond acceptors (Lipinski definition) is 4. The van der Waals surface area contributed by atoms with Crippen LogP contribution in [0.1, 0.15) is 21.7 Å². The summed E-state index contributed by atoms with van der Waals surface area (Å²) in [6.45, 7) is 1.44. The van der Waals surface area contributed by atoms with E-state index in [2.05, 4.69) is 10.5 Å². The molecule has 0 fully saturated rings. The molecule has 29 heavy (non-hydrogen) atoms. The third-order valence-corrected chi connectivity index (χ3v) is 4.17. The maximum absolute atomic E-state index is 13.4. The van der Waals surface area contributed by atoms with Gasteiger partial charge in [-0.25, -0.2) is 4.68 Å². The van der Waals surface area contributed by atoms with Crippen LogP contribution in [0.25, 0.3) is 5.69 Å². The van der Waals surface area contributed by atoms with Crippen LogP contribution >= 0.6 is 0 Å². The van der Waals surface area contributed by atoms with Gasteiger partial charge in [0.1, 0.15) is 0 Å². The van der Waals surface area contributed by atoms with Crippen LogP contribution in [0.3, 0.4) is 0 Å². The smallest absolute Gasteiger partial charge is 0.288 e. The number of aryl methyl sites for hydroxylation is 1. The molecule has 1 heterocycles. The number of halogens is 3. The second-order valence-electron chi connectivity index (χ2n) is 6.26. The van der Waals surface area contributed by atoms with E-state index in [4.69, 9.17) is 0 Å². The zero-order chi connectivity index (χ0) is 21.2. The summed E-state index contributed by atoms with van der Waals surface area (Å²) in [6.07, 6.45) is -4.62. The molecular formula is C20H17F3N4O2. The number of nitrogens with zero attached hydrogens (tertiary/aromatic N) is 3. The lowest BCUT2D eigenvalue weighted by Gasteiger charge is -2.20. The Morgan fingerprint density at radius 1 is 1.07 bits per heavy atom. The minimum Gasteiger partial charge on any atom is -0.288 e. The van der Waals surface area contributed by atoms with Crippen molar-refractivity contribution in [3.8, 4) is 5.69 Å². The zero-order valence-electron chi connectivity index (χ0n) is 15.6. The van der Waals surface area contributed by atoms with Crippen molar-refractivity contribution in [2.45, 2.75) is 13.1 Å². The maximum Gasteiger partial charge on any atom is 0.418 e. The Kier molecular flexibility index (Phi) is 5.40. The number of para-hydroxylation sites is 2. The highest BCUT2D eigenvalue weighted by atomic mass is 19.4. The highest BCUT2D eigenvalue weighted by molar-refractivity contribution is 5.93. The first kappa shape index (κ1) is 20.1. The molecule has 0 saturated carbocycles. The Balaban J connectivity index is 2.01. The number of carbonyl (C=O) groups excluding carboxylic acids is 1. The SMILES string of the molecule is Cc1cc(=O)c(C(=O)NN(C)c2ccccc2)nn1-c1ccccc1C(F)(F)F. The van der Waals surface area contributed by atoms with Gasteiger partial charge < -0.3 is 0 Å². The standard InChI is InChI=1S/C20H17F3N4O2/c1-13-12-17(28)18(19(29)25-26(2)14-8-4-3-5-9-14)24-27(13)16-11-7-6-10-15(16)20(21,22)23/h3-12H,1-2H3,(H,25,29). The van der Waals surface area contributed by atoms with Gasteiger partial charge in [-0.3, -0.25) is 20.0 Å². The Morgan fingerprint density at radius 2 is 1.69 bits per heavy atom. The van der Waals surface area contributed by atoms with Gasteiger partial charge in [0.15, 0.2) is 5.69 Å². The summed E-state index contributed by atoms with van der Waals surface area (Å²) < 4.78 is 41.1. The molecule has 0 aliphatic rings. The molecule has 2 aromatic carbocycles. The first-order chi connectivity index (χ1) is 13.7. The third-order valence-electron chi connectivity index (χ3n) is 4.17. The number of carbonyl (C=O) groups is 1. The second-order valence-corrected chi connectivity index (χ2v) is 6.26. The Labute approximate surface area is 164 Å². The number of benzene rings is 2. The monoisotopic (exact) mass is 402 g/mol. The summed E-state index contributed by atoms with van der Waals surface area (Å²) in [5.74, 6) is -0.834. The van der Waals surface area contributed by atoms with Gasteiger partial charge in [0.2, 0.25) is 5.43 Å². The van der Waals surface area contributed by atoms with E-state index in [1.165, 1.54) is 30.1 Å². The molecular weight excluding hydrogens is 385 g/mol. The summed E-state index contributed by atoms with van der Waals surface area (Å²) in [6, 6.07) is 14.7. The number of rotatable bonds is 4. The van der Waals surface area contributed by atoms with Gasteiger partial charge in [0.05, 0.1) is 16.9 Å². The van der Waals surface area contributed by atoms with Crippen molar-refractivity contribution in [2.75, 3.05) is 12.1 Å². The molecule has 1 aromatic heterocycles. The van der Waals surface area contributed by atoms with E-state index in [-0.39, 0.29) is 11.4 Å². The average molecular weight is 402 g/mol. The maximum atomic E-state index is 13.4. The summed E-state index contributed by atoms with van der Waals surface area (Å²) in [7, 11) is 1.57. The fourth-order valence-electron chi connectivity index (χ4n) is 2.77. The largest absolute Gasteiger partial charge is 0.418 e. The van der Waals surface area contributed by atoms with Gasteiger partial charge in [-0.2, -0.15) is 18.3 Å². The highest BCUT2D eigenvalue weighted by Gasteiger charge is 2.34. The van der Waals surface area contributed by atoms with E-state index >= 15 is 0 Å². The van der Waals surface area contributed by atoms with E-state index < -0.39 is 28.8 Å². The molecule has 150 valence electrons. The van der Waals surface area contributed by atoms with Crippen LogP contribution in [-0.2, 0) is 6.18 Å². The van der Waals surface area contributed by atoms with Gasteiger partial charge in [-0.15, -0.1) is 0 Å². The molecule has 0 unspecified atom stereocenters. The Bertz CT molecular complexity index is 1090. The molecule has 1 amide bonds. The summed E-state index contributed by atoms with van der Waals surface area (Å²) in [4.78, 5) is 24.9. The third kappa shape index (κ3) is 4.29. The van der Waals surface area contributed by atoms with E-state index in [9.17, 15) is 22.8 Å². The number of alkyl halides is 3. The molecule has 6 nitrogen and oxygen atoms in total. The topological polar surface area (TPSA) is 67.2 Å². The molecule has 0 bridgehead atoms. The number of nitrogens with one attached hydrogen (secondary N) is 1. The molecule has 0 saturated heterocycles. The van der Waals surface area contributed by atoms with E-state index in [1.807, 2.05) is 0 Å².